The standard InChI is InChI=1S/C13H17FN2O2S/c1-3-13(9-15)19(17,18)16-7-6-11-4-5-12(14)8-10(11)2/h4-5,8,13,16H,3,6-7H2,1-2H3. The molecular formula is C13H17FN2O2S. The Morgan fingerprint density at radius 1 is 1.47 bits per heavy atom. The summed E-state index contributed by atoms with van der Waals surface area (Å²) < 4.78 is 38.8. The molecule has 0 heterocycles. The highest BCUT2D eigenvalue weighted by atomic mass is 32.2. The van der Waals surface area contributed by atoms with Crippen molar-refractivity contribution in [2.24, 2.45) is 0 Å². The third-order valence-corrected chi connectivity index (χ3v) is 4.69. The van der Waals surface area contributed by atoms with Crippen LogP contribution in [0.3, 0.4) is 0 Å². The van der Waals surface area contributed by atoms with Gasteiger partial charge in [0.25, 0.3) is 0 Å². The second kappa shape index (κ2) is 6.64. The van der Waals surface area contributed by atoms with Crippen LogP contribution in [0.5, 0.6) is 0 Å². The van der Waals surface area contributed by atoms with Gasteiger partial charge >= 0.3 is 0 Å². The minimum absolute atomic E-state index is 0.201. The molecule has 0 radical (unpaired) electrons. The maximum atomic E-state index is 12.9. The Bertz CT molecular complexity index is 579. The highest BCUT2D eigenvalue weighted by Gasteiger charge is 2.22. The highest BCUT2D eigenvalue weighted by Crippen LogP contribution is 2.11. The summed E-state index contributed by atoms with van der Waals surface area (Å²) in [5, 5.41) is 7.72. The molecule has 0 saturated carbocycles. The van der Waals surface area contributed by atoms with E-state index in [4.69, 9.17) is 5.26 Å². The highest BCUT2D eigenvalue weighted by molar-refractivity contribution is 7.90. The van der Waals surface area contributed by atoms with Gasteiger partial charge < -0.3 is 0 Å². The minimum atomic E-state index is -3.60. The number of nitrogens with one attached hydrogen (secondary N) is 1. The largest absolute Gasteiger partial charge is 0.227 e. The summed E-state index contributed by atoms with van der Waals surface area (Å²) in [7, 11) is -3.60. The molecule has 1 N–H and O–H groups in total. The van der Waals surface area contributed by atoms with Gasteiger partial charge in [0.05, 0.1) is 6.07 Å². The van der Waals surface area contributed by atoms with Gasteiger partial charge in [0.2, 0.25) is 10.0 Å². The summed E-state index contributed by atoms with van der Waals surface area (Å²) in [6.07, 6.45) is 0.717. The molecule has 1 unspecified atom stereocenters. The monoisotopic (exact) mass is 284 g/mol. The van der Waals surface area contributed by atoms with Crippen LogP contribution in [0.4, 0.5) is 4.39 Å². The van der Waals surface area contributed by atoms with E-state index >= 15 is 0 Å². The van der Waals surface area contributed by atoms with E-state index < -0.39 is 15.3 Å². The molecule has 0 aliphatic rings. The molecule has 0 bridgehead atoms. The van der Waals surface area contributed by atoms with E-state index in [0.717, 1.165) is 11.1 Å². The lowest BCUT2D eigenvalue weighted by Gasteiger charge is -2.11. The average molecular weight is 284 g/mol. The summed E-state index contributed by atoms with van der Waals surface area (Å²) in [5.74, 6) is -0.308. The topological polar surface area (TPSA) is 70.0 Å². The minimum Gasteiger partial charge on any atom is -0.214 e. The van der Waals surface area contributed by atoms with Gasteiger partial charge in [-0.2, -0.15) is 5.26 Å². The van der Waals surface area contributed by atoms with E-state index in [0.29, 0.717) is 6.42 Å². The Kier molecular flexibility index (Phi) is 5.45. The van der Waals surface area contributed by atoms with Gasteiger partial charge in [0.15, 0.2) is 5.25 Å². The number of hydrogen-bond acceptors (Lipinski definition) is 3. The Hall–Kier alpha value is -1.45. The van der Waals surface area contributed by atoms with Crippen LogP contribution in [0.15, 0.2) is 18.2 Å². The Labute approximate surface area is 113 Å². The number of aryl methyl sites for hydroxylation is 1. The lowest BCUT2D eigenvalue weighted by molar-refractivity contribution is 0.572. The van der Waals surface area contributed by atoms with Crippen LogP contribution in [0.1, 0.15) is 24.5 Å². The maximum absolute atomic E-state index is 12.9. The first-order chi connectivity index (χ1) is 8.90. The molecule has 1 aromatic carbocycles. The number of rotatable bonds is 6. The van der Waals surface area contributed by atoms with Gasteiger partial charge in [-0.25, -0.2) is 17.5 Å². The second-order valence-electron chi connectivity index (χ2n) is 4.29. The zero-order chi connectivity index (χ0) is 14.5. The van der Waals surface area contributed by atoms with Crippen LogP contribution < -0.4 is 4.72 Å². The van der Waals surface area contributed by atoms with Crippen molar-refractivity contribution in [2.45, 2.75) is 31.9 Å². The van der Waals surface area contributed by atoms with Crippen molar-refractivity contribution in [3.05, 3.63) is 35.1 Å². The van der Waals surface area contributed by atoms with Crippen LogP contribution in [-0.2, 0) is 16.4 Å². The molecule has 0 spiro atoms. The number of benzene rings is 1. The quantitative estimate of drug-likeness (QED) is 0.867. The predicted molar refractivity (Wildman–Crippen MR) is 71.5 cm³/mol. The van der Waals surface area contributed by atoms with Crippen molar-refractivity contribution in [3.63, 3.8) is 0 Å². The SMILES string of the molecule is CCC(C#N)S(=O)(=O)NCCc1ccc(F)cc1C. The van der Waals surface area contributed by atoms with Crippen molar-refractivity contribution in [3.8, 4) is 6.07 Å². The molecule has 1 atom stereocenters. The van der Waals surface area contributed by atoms with Crippen LogP contribution in [0, 0.1) is 24.1 Å². The first kappa shape index (κ1) is 15.6. The normalized spacial score (nSPS) is 12.9. The smallest absolute Gasteiger partial charge is 0.214 e. The first-order valence-electron chi connectivity index (χ1n) is 6.03. The first-order valence-corrected chi connectivity index (χ1v) is 7.58. The average Bonchev–Trinajstić information content (AvgIpc) is 2.33. The molecule has 1 aromatic rings. The number of nitrogens with zero attached hydrogens (tertiary/aromatic N) is 1. The molecule has 6 heteroatoms. The molecule has 0 saturated heterocycles. The fraction of sp³-hybridized carbons (Fsp3) is 0.462. The van der Waals surface area contributed by atoms with Crippen molar-refractivity contribution < 1.29 is 12.8 Å². The van der Waals surface area contributed by atoms with Crippen molar-refractivity contribution in [1.82, 2.24) is 4.72 Å². The summed E-state index contributed by atoms with van der Waals surface area (Å²) in [6, 6.07) is 6.16. The molecule has 0 aliphatic carbocycles. The molecule has 0 amide bonds. The van der Waals surface area contributed by atoms with E-state index in [1.807, 2.05) is 0 Å². The molecule has 0 aliphatic heterocycles. The van der Waals surface area contributed by atoms with Crippen molar-refractivity contribution in [1.29, 1.82) is 5.26 Å². The van der Waals surface area contributed by atoms with Gasteiger partial charge in [-0.1, -0.05) is 13.0 Å². The summed E-state index contributed by atoms with van der Waals surface area (Å²) in [5.41, 5.74) is 1.67. The molecular weight excluding hydrogens is 267 g/mol. The molecule has 0 fully saturated rings. The lowest BCUT2D eigenvalue weighted by atomic mass is 10.1. The van der Waals surface area contributed by atoms with Gasteiger partial charge in [0.1, 0.15) is 5.82 Å². The fourth-order valence-electron chi connectivity index (χ4n) is 1.75. The van der Waals surface area contributed by atoms with Crippen LogP contribution in [0.25, 0.3) is 0 Å². The van der Waals surface area contributed by atoms with Crippen molar-refractivity contribution >= 4 is 10.0 Å². The van der Waals surface area contributed by atoms with Crippen LogP contribution >= 0.6 is 0 Å². The molecule has 19 heavy (non-hydrogen) atoms. The van der Waals surface area contributed by atoms with E-state index in [-0.39, 0.29) is 18.8 Å². The molecule has 104 valence electrons. The fourth-order valence-corrected chi connectivity index (χ4v) is 2.91. The van der Waals surface area contributed by atoms with Crippen LogP contribution in [0.2, 0.25) is 0 Å². The summed E-state index contributed by atoms with van der Waals surface area (Å²) in [4.78, 5) is 0. The lowest BCUT2D eigenvalue weighted by Crippen LogP contribution is -2.34. The van der Waals surface area contributed by atoms with Crippen molar-refractivity contribution in [2.75, 3.05) is 6.54 Å². The van der Waals surface area contributed by atoms with E-state index in [9.17, 15) is 12.8 Å². The summed E-state index contributed by atoms with van der Waals surface area (Å²) in [6.45, 7) is 3.63. The Morgan fingerprint density at radius 2 is 2.16 bits per heavy atom. The molecule has 4 nitrogen and oxygen atoms in total. The third-order valence-electron chi connectivity index (χ3n) is 2.89. The zero-order valence-corrected chi connectivity index (χ0v) is 11.8. The summed E-state index contributed by atoms with van der Waals surface area (Å²) >= 11 is 0. The van der Waals surface area contributed by atoms with Gasteiger partial charge in [0, 0.05) is 6.54 Å². The van der Waals surface area contributed by atoms with E-state index in [1.165, 1.54) is 12.1 Å². The van der Waals surface area contributed by atoms with E-state index in [1.54, 1.807) is 26.0 Å². The molecule has 1 rings (SSSR count). The van der Waals surface area contributed by atoms with Gasteiger partial charge in [-0.15, -0.1) is 0 Å². The third kappa shape index (κ3) is 4.30. The van der Waals surface area contributed by atoms with Gasteiger partial charge in [-0.05, 0) is 43.0 Å². The molecule has 0 aromatic heterocycles. The number of halogens is 1. The second-order valence-corrected chi connectivity index (χ2v) is 6.23. The van der Waals surface area contributed by atoms with E-state index in [2.05, 4.69) is 4.72 Å². The Balaban J connectivity index is 2.62. The number of nitriles is 1. The Morgan fingerprint density at radius 3 is 2.68 bits per heavy atom. The number of sulfonamides is 1. The number of hydrogen-bond donors (Lipinski definition) is 1. The van der Waals surface area contributed by atoms with Gasteiger partial charge in [-0.3, -0.25) is 0 Å². The van der Waals surface area contributed by atoms with Crippen LogP contribution in [-0.4, -0.2) is 20.2 Å². The zero-order valence-electron chi connectivity index (χ0n) is 11.0. The predicted octanol–water partition coefficient (Wildman–Crippen LogP) is 1.90. The maximum Gasteiger partial charge on any atom is 0.227 e.